The fourth-order valence-corrected chi connectivity index (χ4v) is 5.54. The van der Waals surface area contributed by atoms with Gasteiger partial charge in [-0.25, -0.2) is 4.79 Å². The van der Waals surface area contributed by atoms with Crippen molar-refractivity contribution in [3.8, 4) is 0 Å². The van der Waals surface area contributed by atoms with Crippen LogP contribution >= 0.6 is 0 Å². The Kier molecular flexibility index (Phi) is 3.82. The number of hydrogen-bond acceptors (Lipinski definition) is 3. The minimum atomic E-state index is -0.184. The van der Waals surface area contributed by atoms with Crippen molar-refractivity contribution in [3.63, 3.8) is 0 Å². The first-order valence-electron chi connectivity index (χ1n) is 8.86. The van der Waals surface area contributed by atoms with Gasteiger partial charge in [-0.05, 0) is 68.6 Å². The molecule has 1 saturated heterocycles. The third-order valence-corrected chi connectivity index (χ3v) is 6.45. The number of fused-ring (bicyclic) bond motifs is 5. The number of amides is 1. The minimum Gasteiger partial charge on any atom is -0.422 e. The van der Waals surface area contributed by atoms with E-state index in [0.717, 1.165) is 49.6 Å². The van der Waals surface area contributed by atoms with Crippen molar-refractivity contribution >= 4 is 6.09 Å². The molecule has 4 rings (SSSR count). The lowest BCUT2D eigenvalue weighted by Gasteiger charge is -2.31. The maximum Gasteiger partial charge on any atom is 0.411 e. The number of piperidine rings is 1. The Hall–Kier alpha value is -0.770. The van der Waals surface area contributed by atoms with Gasteiger partial charge in [0.2, 0.25) is 0 Å². The number of hydrogen-bond donors (Lipinski definition) is 0. The first-order valence-corrected chi connectivity index (χ1v) is 8.86. The van der Waals surface area contributed by atoms with E-state index >= 15 is 0 Å². The molecule has 0 radical (unpaired) electrons. The largest absolute Gasteiger partial charge is 0.422 e. The zero-order valence-corrected chi connectivity index (χ0v) is 12.8. The van der Waals surface area contributed by atoms with Crippen LogP contribution in [0, 0.1) is 23.7 Å². The summed E-state index contributed by atoms with van der Waals surface area (Å²) in [5, 5.41) is 0. The summed E-state index contributed by atoms with van der Waals surface area (Å²) in [5.74, 6) is 3.54. The maximum atomic E-state index is 11.9. The number of carbonyl (C=O) groups is 1. The van der Waals surface area contributed by atoms with Crippen molar-refractivity contribution in [3.05, 3.63) is 0 Å². The topological polar surface area (TPSA) is 38.8 Å². The van der Waals surface area contributed by atoms with Gasteiger partial charge in [-0.2, -0.15) is 0 Å². The quantitative estimate of drug-likeness (QED) is 0.749. The molecule has 3 saturated carbocycles. The van der Waals surface area contributed by atoms with Crippen molar-refractivity contribution in [1.29, 1.82) is 0 Å². The summed E-state index contributed by atoms with van der Waals surface area (Å²) in [7, 11) is 0. The van der Waals surface area contributed by atoms with E-state index in [1.807, 2.05) is 4.90 Å². The van der Waals surface area contributed by atoms with E-state index in [1.54, 1.807) is 0 Å². The number of rotatable bonds is 3. The number of ether oxygens (including phenoxy) is 2. The van der Waals surface area contributed by atoms with Crippen LogP contribution in [0.5, 0.6) is 0 Å². The molecule has 0 aromatic heterocycles. The maximum absolute atomic E-state index is 11.9. The number of likely N-dealkylation sites (tertiary alicyclic amines) is 1. The second-order valence-electron chi connectivity index (χ2n) is 7.43. The molecule has 5 atom stereocenters. The lowest BCUT2D eigenvalue weighted by atomic mass is 9.80. The standard InChI is InChI=1S/C17H27NO3/c19-17(18-7-2-1-3-8-18)21-11-20-16-10-12-9-15(16)14-6-4-5-13(12)14/h12-16H,1-11H2. The fourth-order valence-electron chi connectivity index (χ4n) is 5.54. The van der Waals surface area contributed by atoms with Gasteiger partial charge in [0.15, 0.2) is 6.79 Å². The van der Waals surface area contributed by atoms with Crippen LogP contribution in [0.15, 0.2) is 0 Å². The van der Waals surface area contributed by atoms with Gasteiger partial charge < -0.3 is 14.4 Å². The van der Waals surface area contributed by atoms with E-state index in [2.05, 4.69) is 0 Å². The van der Waals surface area contributed by atoms with Crippen LogP contribution < -0.4 is 0 Å². The van der Waals surface area contributed by atoms with Crippen LogP contribution in [-0.4, -0.2) is 37.0 Å². The molecule has 0 spiro atoms. The molecule has 0 aromatic carbocycles. The molecule has 118 valence electrons. The van der Waals surface area contributed by atoms with E-state index < -0.39 is 0 Å². The van der Waals surface area contributed by atoms with E-state index in [0.29, 0.717) is 6.10 Å². The summed E-state index contributed by atoms with van der Waals surface area (Å²) in [4.78, 5) is 13.8. The van der Waals surface area contributed by atoms with Crippen molar-refractivity contribution in [2.75, 3.05) is 19.9 Å². The number of nitrogens with zero attached hydrogens (tertiary/aromatic N) is 1. The smallest absolute Gasteiger partial charge is 0.411 e. The monoisotopic (exact) mass is 293 g/mol. The van der Waals surface area contributed by atoms with Gasteiger partial charge in [0, 0.05) is 13.1 Å². The third-order valence-electron chi connectivity index (χ3n) is 6.45. The average molecular weight is 293 g/mol. The first-order chi connectivity index (χ1) is 10.3. The van der Waals surface area contributed by atoms with Gasteiger partial charge in [-0.15, -0.1) is 0 Å². The highest BCUT2D eigenvalue weighted by molar-refractivity contribution is 5.67. The van der Waals surface area contributed by atoms with Gasteiger partial charge in [-0.3, -0.25) is 0 Å². The molecule has 3 aliphatic carbocycles. The highest BCUT2D eigenvalue weighted by Gasteiger charge is 2.54. The van der Waals surface area contributed by atoms with Gasteiger partial charge in [-0.1, -0.05) is 6.42 Å². The van der Waals surface area contributed by atoms with Gasteiger partial charge in [0.05, 0.1) is 6.10 Å². The fraction of sp³-hybridized carbons (Fsp3) is 0.941. The van der Waals surface area contributed by atoms with Crippen LogP contribution in [0.25, 0.3) is 0 Å². The van der Waals surface area contributed by atoms with Crippen LogP contribution in [0.4, 0.5) is 4.79 Å². The highest BCUT2D eigenvalue weighted by atomic mass is 16.7. The second-order valence-corrected chi connectivity index (χ2v) is 7.43. The molecule has 21 heavy (non-hydrogen) atoms. The molecule has 1 aliphatic heterocycles. The summed E-state index contributed by atoms with van der Waals surface area (Å²) in [6, 6.07) is 0. The molecule has 4 heteroatoms. The Morgan fingerprint density at radius 3 is 2.62 bits per heavy atom. The highest BCUT2D eigenvalue weighted by Crippen LogP contribution is 2.59. The summed E-state index contributed by atoms with van der Waals surface area (Å²) in [5.41, 5.74) is 0. The van der Waals surface area contributed by atoms with Crippen molar-refractivity contribution < 1.29 is 14.3 Å². The molecule has 4 nitrogen and oxygen atoms in total. The molecule has 4 aliphatic rings. The Morgan fingerprint density at radius 2 is 1.76 bits per heavy atom. The molecule has 0 aromatic rings. The van der Waals surface area contributed by atoms with Gasteiger partial charge >= 0.3 is 6.09 Å². The van der Waals surface area contributed by atoms with E-state index in [4.69, 9.17) is 9.47 Å². The van der Waals surface area contributed by atoms with Crippen LogP contribution in [0.1, 0.15) is 51.4 Å². The first kappa shape index (κ1) is 13.9. The lowest BCUT2D eigenvalue weighted by molar-refractivity contribution is -0.0934. The van der Waals surface area contributed by atoms with Crippen molar-refractivity contribution in [2.24, 2.45) is 23.7 Å². The Morgan fingerprint density at radius 1 is 0.952 bits per heavy atom. The normalized spacial score (nSPS) is 41.3. The van der Waals surface area contributed by atoms with Crippen LogP contribution in [-0.2, 0) is 9.47 Å². The molecular formula is C17H27NO3. The SMILES string of the molecule is O=C(OCOC1CC2CC1C1CCCC21)N1CCCCC1. The van der Waals surface area contributed by atoms with Crippen molar-refractivity contribution in [2.45, 2.75) is 57.5 Å². The minimum absolute atomic E-state index is 0.153. The molecular weight excluding hydrogens is 266 g/mol. The van der Waals surface area contributed by atoms with Gasteiger partial charge in [0.1, 0.15) is 0 Å². The molecule has 2 bridgehead atoms. The second kappa shape index (κ2) is 5.79. The predicted octanol–water partition coefficient (Wildman–Crippen LogP) is 3.41. The summed E-state index contributed by atoms with van der Waals surface area (Å²) in [6.07, 6.45) is 10.4. The third kappa shape index (κ3) is 2.56. The molecule has 0 N–H and O–H groups in total. The Bertz CT molecular complexity index is 393. The summed E-state index contributed by atoms with van der Waals surface area (Å²) in [6.45, 7) is 1.84. The summed E-state index contributed by atoms with van der Waals surface area (Å²) < 4.78 is 11.3. The van der Waals surface area contributed by atoms with E-state index in [1.165, 1.54) is 38.5 Å². The molecule has 5 unspecified atom stereocenters. The van der Waals surface area contributed by atoms with Crippen LogP contribution in [0.3, 0.4) is 0 Å². The Labute approximate surface area is 127 Å². The Balaban J connectivity index is 1.22. The van der Waals surface area contributed by atoms with E-state index in [-0.39, 0.29) is 12.9 Å². The van der Waals surface area contributed by atoms with E-state index in [9.17, 15) is 4.79 Å². The number of carbonyl (C=O) groups excluding carboxylic acids is 1. The molecule has 1 heterocycles. The lowest BCUT2D eigenvalue weighted by Crippen LogP contribution is -2.37. The molecule has 4 fully saturated rings. The predicted molar refractivity (Wildman–Crippen MR) is 78.7 cm³/mol. The average Bonchev–Trinajstić information content (AvgIpc) is 3.20. The zero-order chi connectivity index (χ0) is 14.2. The summed E-state index contributed by atoms with van der Waals surface area (Å²) >= 11 is 0. The van der Waals surface area contributed by atoms with Gasteiger partial charge in [0.25, 0.3) is 0 Å². The van der Waals surface area contributed by atoms with Crippen molar-refractivity contribution in [1.82, 2.24) is 4.90 Å². The zero-order valence-electron chi connectivity index (χ0n) is 12.8. The molecule has 1 amide bonds. The van der Waals surface area contributed by atoms with Crippen LogP contribution in [0.2, 0.25) is 0 Å².